The second-order valence-corrected chi connectivity index (χ2v) is 4.91. The third kappa shape index (κ3) is 4.66. The van der Waals surface area contributed by atoms with E-state index in [1.165, 1.54) is 4.90 Å². The number of hydrogen-bond acceptors (Lipinski definition) is 3. The molecule has 0 saturated heterocycles. The lowest BCUT2D eigenvalue weighted by Gasteiger charge is -2.29. The van der Waals surface area contributed by atoms with E-state index in [1.54, 1.807) is 0 Å². The zero-order valence-electron chi connectivity index (χ0n) is 12.0. The van der Waals surface area contributed by atoms with E-state index in [4.69, 9.17) is 10.8 Å². The molecule has 5 nitrogen and oxygen atoms in total. The van der Waals surface area contributed by atoms with E-state index in [9.17, 15) is 9.59 Å². The number of amides is 1. The van der Waals surface area contributed by atoms with Crippen LogP contribution in [-0.4, -0.2) is 40.5 Å². The van der Waals surface area contributed by atoms with Crippen LogP contribution in [0.5, 0.6) is 0 Å². The Hall–Kier alpha value is -1.88. The van der Waals surface area contributed by atoms with Gasteiger partial charge in [-0.25, -0.2) is 0 Å². The number of nitrogens with two attached hydrogens (primary N) is 1. The third-order valence-electron chi connectivity index (χ3n) is 3.33. The first-order valence-electron chi connectivity index (χ1n) is 6.77. The van der Waals surface area contributed by atoms with Gasteiger partial charge in [0.05, 0.1) is 6.04 Å². The van der Waals surface area contributed by atoms with Gasteiger partial charge in [0.25, 0.3) is 0 Å². The molecule has 1 unspecified atom stereocenters. The highest BCUT2D eigenvalue weighted by Crippen LogP contribution is 2.09. The first-order valence-corrected chi connectivity index (χ1v) is 6.77. The topological polar surface area (TPSA) is 83.6 Å². The molecule has 0 fully saturated rings. The molecule has 0 saturated carbocycles. The van der Waals surface area contributed by atoms with Crippen LogP contribution in [0.25, 0.3) is 0 Å². The highest BCUT2D eigenvalue weighted by atomic mass is 16.4. The molecule has 5 heteroatoms. The Kier molecular flexibility index (Phi) is 6.18. The van der Waals surface area contributed by atoms with E-state index in [0.717, 1.165) is 5.56 Å². The van der Waals surface area contributed by atoms with E-state index >= 15 is 0 Å². The second-order valence-electron chi connectivity index (χ2n) is 4.91. The summed E-state index contributed by atoms with van der Waals surface area (Å²) in [4.78, 5) is 24.5. The van der Waals surface area contributed by atoms with Crippen LogP contribution < -0.4 is 5.73 Å². The Morgan fingerprint density at radius 1 is 1.30 bits per heavy atom. The fourth-order valence-corrected chi connectivity index (χ4v) is 1.99. The largest absolute Gasteiger partial charge is 0.480 e. The highest BCUT2D eigenvalue weighted by molar-refractivity contribution is 5.85. The smallest absolute Gasteiger partial charge is 0.323 e. The average Bonchev–Trinajstić information content (AvgIpc) is 2.44. The van der Waals surface area contributed by atoms with Gasteiger partial charge in [-0.2, -0.15) is 0 Å². The second kappa shape index (κ2) is 7.65. The van der Waals surface area contributed by atoms with E-state index in [0.29, 0.717) is 12.8 Å². The summed E-state index contributed by atoms with van der Waals surface area (Å²) in [5.41, 5.74) is 6.90. The van der Waals surface area contributed by atoms with Gasteiger partial charge >= 0.3 is 5.97 Å². The molecule has 0 bridgehead atoms. The summed E-state index contributed by atoms with van der Waals surface area (Å²) >= 11 is 0. The van der Waals surface area contributed by atoms with Gasteiger partial charge in [0.1, 0.15) is 6.54 Å². The molecular weight excluding hydrogens is 256 g/mol. The predicted octanol–water partition coefficient (Wildman–Crippen LogP) is 1.27. The molecule has 2 atom stereocenters. The first kappa shape index (κ1) is 16.2. The number of carbonyl (C=O) groups is 2. The number of rotatable bonds is 7. The van der Waals surface area contributed by atoms with Crippen molar-refractivity contribution >= 4 is 11.9 Å². The normalized spacial score (nSPS) is 13.6. The molecule has 1 rings (SSSR count). The molecule has 1 amide bonds. The van der Waals surface area contributed by atoms with Gasteiger partial charge in [0.2, 0.25) is 5.91 Å². The molecule has 0 radical (unpaired) electrons. The fourth-order valence-electron chi connectivity index (χ4n) is 1.99. The minimum absolute atomic E-state index is 0.138. The van der Waals surface area contributed by atoms with Crippen LogP contribution in [0, 0.1) is 0 Å². The van der Waals surface area contributed by atoms with E-state index in [2.05, 4.69) is 0 Å². The van der Waals surface area contributed by atoms with Crippen LogP contribution >= 0.6 is 0 Å². The molecule has 0 spiro atoms. The molecule has 20 heavy (non-hydrogen) atoms. The quantitative estimate of drug-likeness (QED) is 0.786. The van der Waals surface area contributed by atoms with Crippen molar-refractivity contribution in [3.05, 3.63) is 35.9 Å². The summed E-state index contributed by atoms with van der Waals surface area (Å²) < 4.78 is 0. The van der Waals surface area contributed by atoms with Crippen LogP contribution in [0.15, 0.2) is 30.3 Å². The average molecular weight is 278 g/mol. The van der Waals surface area contributed by atoms with E-state index in [1.807, 2.05) is 44.2 Å². The molecule has 1 aromatic carbocycles. The first-order chi connectivity index (χ1) is 9.45. The minimum atomic E-state index is -1.02. The maximum absolute atomic E-state index is 12.3. The molecular formula is C15H22N2O3. The van der Waals surface area contributed by atoms with Crippen LogP contribution in [0.1, 0.15) is 25.8 Å². The predicted molar refractivity (Wildman–Crippen MR) is 77.2 cm³/mol. The highest BCUT2D eigenvalue weighted by Gasteiger charge is 2.26. The molecule has 0 heterocycles. The Morgan fingerprint density at radius 3 is 2.40 bits per heavy atom. The lowest BCUT2D eigenvalue weighted by molar-refractivity contribution is -0.146. The van der Waals surface area contributed by atoms with E-state index in [-0.39, 0.29) is 18.5 Å². The van der Waals surface area contributed by atoms with Gasteiger partial charge < -0.3 is 15.7 Å². The zero-order chi connectivity index (χ0) is 15.1. The molecule has 110 valence electrons. The minimum Gasteiger partial charge on any atom is -0.480 e. The SMILES string of the molecule is CCC(C)N(CC(=O)O)C(=O)[C@@H](N)Cc1ccccc1. The maximum Gasteiger partial charge on any atom is 0.323 e. The summed E-state index contributed by atoms with van der Waals surface area (Å²) in [6, 6.07) is 8.61. The van der Waals surface area contributed by atoms with Gasteiger partial charge in [-0.1, -0.05) is 37.3 Å². The summed E-state index contributed by atoms with van der Waals surface area (Å²) in [6.07, 6.45) is 1.10. The van der Waals surface area contributed by atoms with Gasteiger partial charge in [-0.3, -0.25) is 9.59 Å². The van der Waals surface area contributed by atoms with Crippen molar-refractivity contribution in [1.29, 1.82) is 0 Å². The molecule has 0 aliphatic rings. The number of aliphatic carboxylic acids is 1. The van der Waals surface area contributed by atoms with Crippen molar-refractivity contribution in [3.63, 3.8) is 0 Å². The number of benzene rings is 1. The van der Waals surface area contributed by atoms with E-state index < -0.39 is 12.0 Å². The van der Waals surface area contributed by atoms with Gasteiger partial charge in [-0.05, 0) is 25.3 Å². The van der Waals surface area contributed by atoms with Crippen LogP contribution in [-0.2, 0) is 16.0 Å². The summed E-state index contributed by atoms with van der Waals surface area (Å²) in [5, 5.41) is 8.91. The van der Waals surface area contributed by atoms with Crippen molar-refractivity contribution in [2.45, 2.75) is 38.8 Å². The molecule has 0 aliphatic heterocycles. The van der Waals surface area contributed by atoms with Crippen molar-refractivity contribution < 1.29 is 14.7 Å². The van der Waals surface area contributed by atoms with Gasteiger partial charge in [0, 0.05) is 6.04 Å². The Labute approximate surface area is 119 Å². The Balaban J connectivity index is 2.75. The van der Waals surface area contributed by atoms with Crippen molar-refractivity contribution in [2.75, 3.05) is 6.54 Å². The maximum atomic E-state index is 12.3. The third-order valence-corrected chi connectivity index (χ3v) is 3.33. The fraction of sp³-hybridized carbons (Fsp3) is 0.467. The lowest BCUT2D eigenvalue weighted by Crippen LogP contribution is -2.50. The Morgan fingerprint density at radius 2 is 1.90 bits per heavy atom. The zero-order valence-corrected chi connectivity index (χ0v) is 12.0. The summed E-state index contributed by atoms with van der Waals surface area (Å²) in [7, 11) is 0. The van der Waals surface area contributed by atoms with Gasteiger partial charge in [-0.15, -0.1) is 0 Å². The number of nitrogens with zero attached hydrogens (tertiary/aromatic N) is 1. The van der Waals surface area contributed by atoms with Crippen molar-refractivity contribution in [2.24, 2.45) is 5.73 Å². The van der Waals surface area contributed by atoms with Crippen molar-refractivity contribution in [3.8, 4) is 0 Å². The van der Waals surface area contributed by atoms with Crippen LogP contribution in [0.4, 0.5) is 0 Å². The van der Waals surface area contributed by atoms with Crippen molar-refractivity contribution in [1.82, 2.24) is 4.90 Å². The Bertz CT molecular complexity index is 448. The number of carboxylic acids is 1. The van der Waals surface area contributed by atoms with Gasteiger partial charge in [0.15, 0.2) is 0 Å². The molecule has 0 aromatic heterocycles. The summed E-state index contributed by atoms with van der Waals surface area (Å²) in [5.74, 6) is -1.34. The van der Waals surface area contributed by atoms with Crippen LogP contribution in [0.3, 0.4) is 0 Å². The monoisotopic (exact) mass is 278 g/mol. The number of carboxylic acid groups (broad SMARTS) is 1. The number of carbonyl (C=O) groups excluding carboxylic acids is 1. The molecule has 0 aliphatic carbocycles. The van der Waals surface area contributed by atoms with Crippen LogP contribution in [0.2, 0.25) is 0 Å². The standard InChI is InChI=1S/C15H22N2O3/c1-3-11(2)17(10-14(18)19)15(20)13(16)9-12-7-5-4-6-8-12/h4-8,11,13H,3,9-10,16H2,1-2H3,(H,18,19)/t11?,13-/m0/s1. The number of hydrogen-bond donors (Lipinski definition) is 2. The molecule has 3 N–H and O–H groups in total. The lowest BCUT2D eigenvalue weighted by atomic mass is 10.0. The summed E-state index contributed by atoms with van der Waals surface area (Å²) in [6.45, 7) is 3.43. The molecule has 1 aromatic rings.